The van der Waals surface area contributed by atoms with Gasteiger partial charge in [-0.2, -0.15) is 0 Å². The lowest BCUT2D eigenvalue weighted by molar-refractivity contribution is 0.151. The van der Waals surface area contributed by atoms with Crippen LogP contribution in [0, 0.1) is 5.92 Å². The van der Waals surface area contributed by atoms with Gasteiger partial charge in [-0.25, -0.2) is 0 Å². The molecule has 0 aliphatic carbocycles. The molecule has 4 nitrogen and oxygen atoms in total. The van der Waals surface area contributed by atoms with E-state index in [0.717, 1.165) is 48.6 Å². The number of nitrogens with zero attached hydrogens (tertiary/aromatic N) is 1. The minimum atomic E-state index is 0. The molecule has 0 radical (unpaired) electrons. The first kappa shape index (κ1) is 23.8. The quantitative estimate of drug-likeness (QED) is 0.710. The predicted molar refractivity (Wildman–Crippen MR) is 108 cm³/mol. The van der Waals surface area contributed by atoms with Crippen molar-refractivity contribution in [2.45, 2.75) is 26.3 Å². The minimum absolute atomic E-state index is 0. The van der Waals surface area contributed by atoms with Crippen LogP contribution in [0.1, 0.15) is 31.9 Å². The van der Waals surface area contributed by atoms with Gasteiger partial charge in [0, 0.05) is 37.8 Å². The van der Waals surface area contributed by atoms with Crippen LogP contribution in [-0.4, -0.2) is 45.3 Å². The van der Waals surface area contributed by atoms with Crippen LogP contribution in [0.3, 0.4) is 0 Å². The molecule has 0 saturated carbocycles. The SMILES string of the molecule is COc1cc([C@@H](CC(C)C)N2CCNCC2)c(OC)cc1Br.Cl.Cl. The molecule has 1 aromatic rings. The standard InChI is InChI=1S/C17H27BrN2O2.2ClH/c1-12(2)9-15(20-7-5-19-6-8-20)13-10-17(22-4)14(18)11-16(13)21-3;;/h10-12,15,19H,5-9H2,1-4H3;2*1H/t15-;;/m1../s1. The van der Waals surface area contributed by atoms with Crippen molar-refractivity contribution in [3.63, 3.8) is 0 Å². The molecule has 0 unspecified atom stereocenters. The second-order valence-corrected chi connectivity index (χ2v) is 7.01. The summed E-state index contributed by atoms with van der Waals surface area (Å²) in [7, 11) is 3.44. The van der Waals surface area contributed by atoms with Crippen molar-refractivity contribution in [1.82, 2.24) is 10.2 Å². The van der Waals surface area contributed by atoms with Crippen molar-refractivity contribution in [3.8, 4) is 11.5 Å². The van der Waals surface area contributed by atoms with Crippen LogP contribution in [0.25, 0.3) is 0 Å². The predicted octanol–water partition coefficient (Wildman–Crippen LogP) is 4.30. The average molecular weight is 444 g/mol. The van der Waals surface area contributed by atoms with Gasteiger partial charge in [-0.3, -0.25) is 4.90 Å². The summed E-state index contributed by atoms with van der Waals surface area (Å²) in [6.07, 6.45) is 1.11. The Morgan fingerprint density at radius 3 is 2.17 bits per heavy atom. The van der Waals surface area contributed by atoms with Crippen LogP contribution in [-0.2, 0) is 0 Å². The zero-order valence-corrected chi connectivity index (χ0v) is 18.0. The third-order valence-corrected chi connectivity index (χ3v) is 4.77. The highest BCUT2D eigenvalue weighted by atomic mass is 79.9. The lowest BCUT2D eigenvalue weighted by atomic mass is 9.94. The van der Waals surface area contributed by atoms with E-state index in [4.69, 9.17) is 9.47 Å². The number of hydrogen-bond donors (Lipinski definition) is 1. The summed E-state index contributed by atoms with van der Waals surface area (Å²) in [6, 6.07) is 4.50. The summed E-state index contributed by atoms with van der Waals surface area (Å²) >= 11 is 3.55. The van der Waals surface area contributed by atoms with Gasteiger partial charge in [0.05, 0.1) is 18.7 Å². The largest absolute Gasteiger partial charge is 0.496 e. The van der Waals surface area contributed by atoms with Crippen LogP contribution in [0.5, 0.6) is 11.5 Å². The highest BCUT2D eigenvalue weighted by Crippen LogP contribution is 2.40. The zero-order chi connectivity index (χ0) is 16.1. The Balaban J connectivity index is 0.00000264. The van der Waals surface area contributed by atoms with Gasteiger partial charge >= 0.3 is 0 Å². The third-order valence-electron chi connectivity index (χ3n) is 4.15. The Labute approximate surface area is 166 Å². The van der Waals surface area contributed by atoms with Crippen molar-refractivity contribution >= 4 is 40.7 Å². The first-order valence-electron chi connectivity index (χ1n) is 7.93. The molecular formula is C17H29BrCl2N2O2. The average Bonchev–Trinajstić information content (AvgIpc) is 2.53. The zero-order valence-electron chi connectivity index (χ0n) is 14.8. The number of rotatable bonds is 6. The van der Waals surface area contributed by atoms with Crippen LogP contribution in [0.2, 0.25) is 0 Å². The lowest BCUT2D eigenvalue weighted by Gasteiger charge is -2.37. The molecule has 7 heteroatoms. The first-order chi connectivity index (χ1) is 10.6. The van der Waals surface area contributed by atoms with E-state index in [1.54, 1.807) is 14.2 Å². The number of benzene rings is 1. The molecular weight excluding hydrogens is 415 g/mol. The van der Waals surface area contributed by atoms with Crippen molar-refractivity contribution in [1.29, 1.82) is 0 Å². The van der Waals surface area contributed by atoms with E-state index >= 15 is 0 Å². The molecule has 0 aromatic heterocycles. The number of piperazine rings is 1. The van der Waals surface area contributed by atoms with Crippen LogP contribution in [0.15, 0.2) is 16.6 Å². The second kappa shape index (κ2) is 11.4. The molecule has 2 rings (SSSR count). The number of halogens is 3. The summed E-state index contributed by atoms with van der Waals surface area (Å²) in [4.78, 5) is 2.56. The molecule has 1 N–H and O–H groups in total. The maximum atomic E-state index is 5.65. The van der Waals surface area contributed by atoms with E-state index in [-0.39, 0.29) is 24.8 Å². The maximum Gasteiger partial charge on any atom is 0.133 e. The van der Waals surface area contributed by atoms with Gasteiger partial charge in [0.15, 0.2) is 0 Å². The molecule has 0 bridgehead atoms. The molecule has 1 aromatic carbocycles. The van der Waals surface area contributed by atoms with Gasteiger partial charge in [-0.15, -0.1) is 24.8 Å². The molecule has 1 atom stereocenters. The smallest absolute Gasteiger partial charge is 0.133 e. The number of methoxy groups -OCH3 is 2. The van der Waals surface area contributed by atoms with Gasteiger partial charge in [0.1, 0.15) is 11.5 Å². The summed E-state index contributed by atoms with van der Waals surface area (Å²) < 4.78 is 12.1. The topological polar surface area (TPSA) is 33.7 Å². The van der Waals surface area contributed by atoms with Gasteiger partial charge in [-0.1, -0.05) is 13.8 Å². The van der Waals surface area contributed by atoms with E-state index in [1.807, 2.05) is 6.07 Å². The van der Waals surface area contributed by atoms with E-state index in [2.05, 4.69) is 46.1 Å². The first-order valence-corrected chi connectivity index (χ1v) is 8.72. The van der Waals surface area contributed by atoms with Crippen LogP contribution >= 0.6 is 40.7 Å². The Bertz CT molecular complexity index is 498. The third kappa shape index (κ3) is 5.95. The van der Waals surface area contributed by atoms with Crippen molar-refractivity contribution < 1.29 is 9.47 Å². The van der Waals surface area contributed by atoms with Crippen molar-refractivity contribution in [3.05, 3.63) is 22.2 Å². The second-order valence-electron chi connectivity index (χ2n) is 6.16. The van der Waals surface area contributed by atoms with Gasteiger partial charge < -0.3 is 14.8 Å². The fourth-order valence-electron chi connectivity index (χ4n) is 3.06. The van der Waals surface area contributed by atoms with Crippen LogP contribution < -0.4 is 14.8 Å². The Hall–Kier alpha value is -0.200. The lowest BCUT2D eigenvalue weighted by Crippen LogP contribution is -2.45. The van der Waals surface area contributed by atoms with Crippen molar-refractivity contribution in [2.75, 3.05) is 40.4 Å². The number of hydrogen-bond acceptors (Lipinski definition) is 4. The molecule has 140 valence electrons. The van der Waals surface area contributed by atoms with Crippen LogP contribution in [0.4, 0.5) is 0 Å². The summed E-state index contributed by atoms with van der Waals surface area (Å²) in [5.41, 5.74) is 1.22. The van der Waals surface area contributed by atoms with E-state index in [0.29, 0.717) is 12.0 Å². The summed E-state index contributed by atoms with van der Waals surface area (Å²) in [5, 5.41) is 3.43. The fourth-order valence-corrected chi connectivity index (χ4v) is 3.54. The number of nitrogens with one attached hydrogen (secondary N) is 1. The number of ether oxygens (including phenoxy) is 2. The fraction of sp³-hybridized carbons (Fsp3) is 0.647. The Morgan fingerprint density at radius 2 is 1.67 bits per heavy atom. The molecule has 1 aliphatic rings. The highest BCUT2D eigenvalue weighted by molar-refractivity contribution is 9.10. The van der Waals surface area contributed by atoms with E-state index < -0.39 is 0 Å². The monoisotopic (exact) mass is 442 g/mol. The summed E-state index contributed by atoms with van der Waals surface area (Å²) in [6.45, 7) is 8.78. The molecule has 1 aliphatic heterocycles. The normalized spacial score (nSPS) is 16.1. The molecule has 1 heterocycles. The minimum Gasteiger partial charge on any atom is -0.496 e. The Kier molecular flexibility index (Phi) is 11.3. The maximum absolute atomic E-state index is 5.65. The molecule has 0 amide bonds. The highest BCUT2D eigenvalue weighted by Gasteiger charge is 2.26. The van der Waals surface area contributed by atoms with Gasteiger partial charge in [0.25, 0.3) is 0 Å². The molecule has 0 spiro atoms. The molecule has 1 fully saturated rings. The Morgan fingerprint density at radius 1 is 1.08 bits per heavy atom. The van der Waals surface area contributed by atoms with Crippen molar-refractivity contribution in [2.24, 2.45) is 5.92 Å². The van der Waals surface area contributed by atoms with E-state index in [1.165, 1.54) is 5.56 Å². The van der Waals surface area contributed by atoms with Gasteiger partial charge in [0.2, 0.25) is 0 Å². The van der Waals surface area contributed by atoms with Gasteiger partial charge in [-0.05, 0) is 40.4 Å². The summed E-state index contributed by atoms with van der Waals surface area (Å²) in [5.74, 6) is 2.41. The molecule has 24 heavy (non-hydrogen) atoms. The molecule has 1 saturated heterocycles. The van der Waals surface area contributed by atoms with E-state index in [9.17, 15) is 0 Å².